The molecule has 156 valence electrons. The summed E-state index contributed by atoms with van der Waals surface area (Å²) in [4.78, 5) is 18.0. The second-order valence-corrected chi connectivity index (χ2v) is 8.69. The predicted molar refractivity (Wildman–Crippen MR) is 124 cm³/mol. The fourth-order valence-electron chi connectivity index (χ4n) is 3.86. The van der Waals surface area contributed by atoms with E-state index in [9.17, 15) is 4.79 Å². The predicted octanol–water partition coefficient (Wildman–Crippen LogP) is 5.65. The summed E-state index contributed by atoms with van der Waals surface area (Å²) in [6.07, 6.45) is 4.07. The molecule has 1 fully saturated rings. The Morgan fingerprint density at radius 1 is 1.10 bits per heavy atom. The molecule has 0 radical (unpaired) electrons. The summed E-state index contributed by atoms with van der Waals surface area (Å²) in [5, 5.41) is 2.60. The number of rotatable bonds is 5. The first-order chi connectivity index (χ1) is 14.6. The zero-order valence-electron chi connectivity index (χ0n) is 16.9. The van der Waals surface area contributed by atoms with Crippen molar-refractivity contribution in [3.8, 4) is 17.1 Å². The first-order valence-electron chi connectivity index (χ1n) is 10.3. The second-order valence-electron chi connectivity index (χ2n) is 7.36. The van der Waals surface area contributed by atoms with Crippen molar-refractivity contribution >= 4 is 33.4 Å². The van der Waals surface area contributed by atoms with Crippen LogP contribution in [0.25, 0.3) is 17.1 Å². The summed E-state index contributed by atoms with van der Waals surface area (Å²) < 4.78 is 3.03. The topological polar surface area (TPSA) is 50.2 Å². The molecule has 0 saturated carbocycles. The van der Waals surface area contributed by atoms with E-state index < -0.39 is 0 Å². The minimum Gasteiger partial charge on any atom is -0.296 e. The third-order valence-electron chi connectivity index (χ3n) is 5.34. The number of hydrogen-bond donors (Lipinski definition) is 1. The number of aromatic nitrogens is 2. The average Bonchev–Trinajstić information content (AvgIpc) is 3.15. The molecule has 1 aliphatic heterocycles. The number of imidazole rings is 1. The van der Waals surface area contributed by atoms with Gasteiger partial charge in [-0.3, -0.25) is 14.8 Å². The maximum atomic E-state index is 13.2. The molecule has 0 bridgehead atoms. The van der Waals surface area contributed by atoms with Crippen molar-refractivity contribution in [1.82, 2.24) is 20.0 Å². The van der Waals surface area contributed by atoms with Crippen LogP contribution in [0.5, 0.6) is 0 Å². The van der Waals surface area contributed by atoms with Crippen LogP contribution in [-0.4, -0.2) is 33.6 Å². The van der Waals surface area contributed by atoms with Crippen LogP contribution in [0.15, 0.2) is 53.0 Å². The quantitative estimate of drug-likeness (QED) is 0.506. The number of benzene rings is 2. The third kappa shape index (κ3) is 4.31. The highest BCUT2D eigenvalue weighted by Gasteiger charge is 2.25. The lowest BCUT2D eigenvalue weighted by atomic mass is 10.2. The van der Waals surface area contributed by atoms with E-state index >= 15 is 0 Å². The molecule has 1 saturated heterocycles. The summed E-state index contributed by atoms with van der Waals surface area (Å²) in [6, 6.07) is 15.6. The van der Waals surface area contributed by atoms with E-state index in [2.05, 4.69) is 21.4 Å². The highest BCUT2D eigenvalue weighted by molar-refractivity contribution is 9.10. The molecule has 5 nitrogen and oxygen atoms in total. The molecular formula is C23H24BrClN4O. The van der Waals surface area contributed by atoms with Crippen molar-refractivity contribution in [1.29, 1.82) is 0 Å². The van der Waals surface area contributed by atoms with E-state index in [1.807, 2.05) is 65.0 Å². The normalized spacial score (nSPS) is 14.6. The number of nitrogens with zero attached hydrogens (tertiary/aromatic N) is 3. The SMILES string of the molecule is CCc1c(C(=O)NN2CCCCC2)nc(-c2ccccc2Cl)n1-c1ccc(Br)cc1. The fraction of sp³-hybridized carbons (Fsp3) is 0.304. The Bertz CT molecular complexity index is 1040. The summed E-state index contributed by atoms with van der Waals surface area (Å²) in [5.74, 6) is 0.501. The van der Waals surface area contributed by atoms with Crippen LogP contribution in [0.4, 0.5) is 0 Å². The number of halogens is 2. The Kier molecular flexibility index (Phi) is 6.56. The van der Waals surface area contributed by atoms with Crippen molar-refractivity contribution in [2.75, 3.05) is 13.1 Å². The molecule has 1 aliphatic rings. The molecule has 3 aromatic rings. The Balaban J connectivity index is 1.83. The van der Waals surface area contributed by atoms with E-state index in [0.29, 0.717) is 23.0 Å². The molecule has 1 amide bonds. The van der Waals surface area contributed by atoms with Gasteiger partial charge in [0.15, 0.2) is 5.69 Å². The molecule has 4 rings (SSSR count). The first-order valence-corrected chi connectivity index (χ1v) is 11.4. The van der Waals surface area contributed by atoms with Crippen LogP contribution in [0.1, 0.15) is 42.4 Å². The molecular weight excluding hydrogens is 464 g/mol. The third-order valence-corrected chi connectivity index (χ3v) is 6.20. The average molecular weight is 488 g/mol. The largest absolute Gasteiger partial charge is 0.296 e. The van der Waals surface area contributed by atoms with Gasteiger partial charge in [0.2, 0.25) is 0 Å². The zero-order valence-corrected chi connectivity index (χ0v) is 19.2. The van der Waals surface area contributed by atoms with Gasteiger partial charge in [0.25, 0.3) is 5.91 Å². The number of carbonyl (C=O) groups excluding carboxylic acids is 1. The molecule has 7 heteroatoms. The standard InChI is InChI=1S/C23H24BrClN4O/c1-2-20-21(23(30)27-28-14-6-3-7-15-28)26-22(18-8-4-5-9-19(18)25)29(20)17-12-10-16(24)11-13-17/h4-5,8-13H,2-3,6-7,14-15H2,1H3,(H,27,30). The number of nitrogens with one attached hydrogen (secondary N) is 1. The molecule has 0 spiro atoms. The monoisotopic (exact) mass is 486 g/mol. The minimum absolute atomic E-state index is 0.169. The molecule has 30 heavy (non-hydrogen) atoms. The summed E-state index contributed by atoms with van der Waals surface area (Å²) >= 11 is 10.0. The van der Waals surface area contributed by atoms with Crippen molar-refractivity contribution in [2.45, 2.75) is 32.6 Å². The molecule has 1 aromatic heterocycles. The van der Waals surface area contributed by atoms with Crippen molar-refractivity contribution in [2.24, 2.45) is 0 Å². The van der Waals surface area contributed by atoms with Gasteiger partial charge in [0.05, 0.1) is 10.7 Å². The van der Waals surface area contributed by atoms with Gasteiger partial charge in [-0.05, 0) is 55.7 Å². The van der Waals surface area contributed by atoms with Crippen LogP contribution >= 0.6 is 27.5 Å². The second kappa shape index (κ2) is 9.33. The van der Waals surface area contributed by atoms with Crippen LogP contribution in [0, 0.1) is 0 Å². The maximum Gasteiger partial charge on any atom is 0.286 e. The van der Waals surface area contributed by atoms with E-state index in [0.717, 1.165) is 47.3 Å². The van der Waals surface area contributed by atoms with Gasteiger partial charge < -0.3 is 0 Å². The van der Waals surface area contributed by atoms with Gasteiger partial charge in [-0.1, -0.05) is 53.0 Å². The Morgan fingerprint density at radius 2 is 1.80 bits per heavy atom. The number of carbonyl (C=O) groups is 1. The van der Waals surface area contributed by atoms with Crippen molar-refractivity contribution in [3.63, 3.8) is 0 Å². The molecule has 1 N–H and O–H groups in total. The van der Waals surface area contributed by atoms with Gasteiger partial charge in [0.1, 0.15) is 5.82 Å². The number of hydrazine groups is 1. The van der Waals surface area contributed by atoms with Crippen molar-refractivity contribution < 1.29 is 4.79 Å². The van der Waals surface area contributed by atoms with E-state index in [1.165, 1.54) is 6.42 Å². The van der Waals surface area contributed by atoms with Gasteiger partial charge in [0, 0.05) is 28.8 Å². The van der Waals surface area contributed by atoms with Crippen LogP contribution in [0.2, 0.25) is 5.02 Å². The minimum atomic E-state index is -0.169. The summed E-state index contributed by atoms with van der Waals surface area (Å²) in [6.45, 7) is 3.79. The van der Waals surface area contributed by atoms with Gasteiger partial charge >= 0.3 is 0 Å². The zero-order chi connectivity index (χ0) is 21.1. The molecule has 2 heterocycles. The van der Waals surface area contributed by atoms with Crippen LogP contribution in [-0.2, 0) is 6.42 Å². The number of hydrogen-bond acceptors (Lipinski definition) is 3. The van der Waals surface area contributed by atoms with E-state index in [-0.39, 0.29) is 5.91 Å². The highest BCUT2D eigenvalue weighted by Crippen LogP contribution is 2.32. The maximum absolute atomic E-state index is 13.2. The highest BCUT2D eigenvalue weighted by atomic mass is 79.9. The van der Waals surface area contributed by atoms with E-state index in [1.54, 1.807) is 0 Å². The number of amides is 1. The Morgan fingerprint density at radius 3 is 2.47 bits per heavy atom. The van der Waals surface area contributed by atoms with Crippen LogP contribution < -0.4 is 5.43 Å². The lowest BCUT2D eigenvalue weighted by molar-refractivity contribution is 0.0744. The van der Waals surface area contributed by atoms with Crippen molar-refractivity contribution in [3.05, 3.63) is 69.4 Å². The summed E-state index contributed by atoms with van der Waals surface area (Å²) in [5.41, 5.74) is 6.10. The summed E-state index contributed by atoms with van der Waals surface area (Å²) in [7, 11) is 0. The smallest absolute Gasteiger partial charge is 0.286 e. The van der Waals surface area contributed by atoms with Gasteiger partial charge in [-0.15, -0.1) is 0 Å². The molecule has 0 atom stereocenters. The first kappa shape index (κ1) is 21.1. The van der Waals surface area contributed by atoms with Crippen LogP contribution in [0.3, 0.4) is 0 Å². The number of piperidine rings is 1. The molecule has 0 unspecified atom stereocenters. The molecule has 2 aromatic carbocycles. The Labute approximate surface area is 190 Å². The van der Waals surface area contributed by atoms with Gasteiger partial charge in [-0.25, -0.2) is 9.99 Å². The Hall–Kier alpha value is -2.15. The van der Waals surface area contributed by atoms with E-state index in [4.69, 9.17) is 16.6 Å². The fourth-order valence-corrected chi connectivity index (χ4v) is 4.34. The lowest BCUT2D eigenvalue weighted by Gasteiger charge is -2.26. The molecule has 0 aliphatic carbocycles. The lowest BCUT2D eigenvalue weighted by Crippen LogP contribution is -2.45. The van der Waals surface area contributed by atoms with Gasteiger partial charge in [-0.2, -0.15) is 0 Å².